The highest BCUT2D eigenvalue weighted by Gasteiger charge is 2.21. The molecule has 27 heavy (non-hydrogen) atoms. The van der Waals surface area contributed by atoms with Crippen LogP contribution in [-0.2, 0) is 13.6 Å². The summed E-state index contributed by atoms with van der Waals surface area (Å²) in [6, 6.07) is 14.9. The number of nitrogens with one attached hydrogen (secondary N) is 1. The minimum atomic E-state index is -0.347. The maximum Gasteiger partial charge on any atom is 0.252 e. The van der Waals surface area contributed by atoms with Gasteiger partial charge in [0.2, 0.25) is 0 Å². The van der Waals surface area contributed by atoms with E-state index in [1.165, 1.54) is 0 Å². The minimum Gasteiger partial charge on any atom is -0.338 e. The van der Waals surface area contributed by atoms with E-state index in [0.29, 0.717) is 11.1 Å². The summed E-state index contributed by atoms with van der Waals surface area (Å²) in [7, 11) is 1.92. The second kappa shape index (κ2) is 7.03. The normalized spacial score (nSPS) is 12.2. The molecule has 7 nitrogen and oxygen atoms in total. The van der Waals surface area contributed by atoms with E-state index in [0.717, 1.165) is 23.4 Å². The van der Waals surface area contributed by atoms with Crippen molar-refractivity contribution in [3.05, 3.63) is 77.9 Å². The Morgan fingerprint density at radius 2 is 2.00 bits per heavy atom. The number of aromatic nitrogens is 5. The van der Waals surface area contributed by atoms with E-state index in [1.807, 2.05) is 61.1 Å². The predicted molar refractivity (Wildman–Crippen MR) is 102 cm³/mol. The van der Waals surface area contributed by atoms with E-state index >= 15 is 0 Å². The monoisotopic (exact) mass is 360 g/mol. The van der Waals surface area contributed by atoms with E-state index in [2.05, 4.69) is 20.6 Å². The van der Waals surface area contributed by atoms with Gasteiger partial charge in [0.05, 0.1) is 5.52 Å². The number of aryl methyl sites for hydroxylation is 2. The van der Waals surface area contributed by atoms with Gasteiger partial charge in [0.25, 0.3) is 5.91 Å². The maximum atomic E-state index is 13.0. The molecule has 1 N–H and O–H groups in total. The summed E-state index contributed by atoms with van der Waals surface area (Å²) in [5, 5.41) is 11.3. The molecule has 2 aromatic heterocycles. The van der Waals surface area contributed by atoms with E-state index in [1.54, 1.807) is 23.0 Å². The molecule has 1 unspecified atom stereocenters. The zero-order chi connectivity index (χ0) is 18.8. The van der Waals surface area contributed by atoms with Crippen molar-refractivity contribution in [1.82, 2.24) is 29.9 Å². The maximum absolute atomic E-state index is 13.0. The van der Waals surface area contributed by atoms with Crippen molar-refractivity contribution >= 4 is 16.9 Å². The van der Waals surface area contributed by atoms with Crippen LogP contribution in [0.15, 0.2) is 60.9 Å². The van der Waals surface area contributed by atoms with Gasteiger partial charge in [-0.3, -0.25) is 4.79 Å². The molecule has 7 heteroatoms. The van der Waals surface area contributed by atoms with Crippen LogP contribution in [0.25, 0.3) is 11.0 Å². The number of benzene rings is 2. The minimum absolute atomic E-state index is 0.181. The average molecular weight is 360 g/mol. The third-order valence-corrected chi connectivity index (χ3v) is 4.60. The number of fused-ring (bicyclic) bond motifs is 1. The lowest BCUT2D eigenvalue weighted by molar-refractivity contribution is 0.0941. The standard InChI is InChI=1S/C20H20N6O/c1-3-26-17-10-9-15(13-16(17)23-24-26)20(27)22-18(14-7-5-4-6-8-14)19-21-11-12-25(19)2/h4-13,18H,3H2,1-2H3,(H,22,27). The number of hydrogen-bond donors (Lipinski definition) is 1. The van der Waals surface area contributed by atoms with Gasteiger partial charge in [-0.15, -0.1) is 5.10 Å². The van der Waals surface area contributed by atoms with Gasteiger partial charge in [-0.2, -0.15) is 0 Å². The van der Waals surface area contributed by atoms with Gasteiger partial charge >= 0.3 is 0 Å². The molecule has 2 aromatic carbocycles. The van der Waals surface area contributed by atoms with Gasteiger partial charge in [0.1, 0.15) is 17.4 Å². The van der Waals surface area contributed by atoms with Crippen molar-refractivity contribution in [2.75, 3.05) is 0 Å². The molecule has 0 saturated carbocycles. The molecule has 0 spiro atoms. The van der Waals surface area contributed by atoms with Gasteiger partial charge in [-0.1, -0.05) is 35.5 Å². The average Bonchev–Trinajstić information content (AvgIpc) is 3.31. The van der Waals surface area contributed by atoms with Crippen LogP contribution in [0.1, 0.15) is 34.7 Å². The quantitative estimate of drug-likeness (QED) is 0.594. The van der Waals surface area contributed by atoms with Crippen molar-refractivity contribution < 1.29 is 4.79 Å². The summed E-state index contributed by atoms with van der Waals surface area (Å²) in [4.78, 5) is 17.4. The third-order valence-electron chi connectivity index (χ3n) is 4.60. The van der Waals surface area contributed by atoms with Gasteiger partial charge in [-0.05, 0) is 30.7 Å². The van der Waals surface area contributed by atoms with Crippen LogP contribution in [0, 0.1) is 0 Å². The highest BCUT2D eigenvalue weighted by Crippen LogP contribution is 2.21. The molecule has 0 aliphatic heterocycles. The summed E-state index contributed by atoms with van der Waals surface area (Å²) in [5.41, 5.74) is 3.13. The smallest absolute Gasteiger partial charge is 0.252 e. The fourth-order valence-electron chi connectivity index (χ4n) is 3.16. The summed E-state index contributed by atoms with van der Waals surface area (Å²) in [5.74, 6) is 0.590. The fourth-order valence-corrected chi connectivity index (χ4v) is 3.16. The van der Waals surface area contributed by atoms with Crippen LogP contribution >= 0.6 is 0 Å². The van der Waals surface area contributed by atoms with E-state index < -0.39 is 0 Å². The molecule has 0 aliphatic rings. The summed E-state index contributed by atoms with van der Waals surface area (Å²) >= 11 is 0. The van der Waals surface area contributed by atoms with Gasteiger partial charge in [-0.25, -0.2) is 9.67 Å². The van der Waals surface area contributed by atoms with Crippen LogP contribution < -0.4 is 5.32 Å². The molecule has 0 bridgehead atoms. The van der Waals surface area contributed by atoms with Gasteiger partial charge in [0, 0.05) is 31.5 Å². The van der Waals surface area contributed by atoms with Crippen LogP contribution in [0.5, 0.6) is 0 Å². The molecule has 0 saturated heterocycles. The van der Waals surface area contributed by atoms with Crippen LogP contribution in [0.3, 0.4) is 0 Å². The van der Waals surface area contributed by atoms with Gasteiger partial charge < -0.3 is 9.88 Å². The number of hydrogen-bond acceptors (Lipinski definition) is 4. The molecular formula is C20H20N6O. The Bertz CT molecular complexity index is 1080. The van der Waals surface area contributed by atoms with Crippen LogP contribution in [0.2, 0.25) is 0 Å². The first-order chi connectivity index (χ1) is 13.2. The summed E-state index contributed by atoms with van der Waals surface area (Å²) < 4.78 is 3.71. The highest BCUT2D eigenvalue weighted by molar-refractivity contribution is 5.97. The Labute approximate surface area is 156 Å². The number of carbonyl (C=O) groups excluding carboxylic acids is 1. The van der Waals surface area contributed by atoms with Gasteiger partial charge in [0.15, 0.2) is 0 Å². The first kappa shape index (κ1) is 17.0. The Morgan fingerprint density at radius 3 is 2.70 bits per heavy atom. The molecule has 1 atom stereocenters. The number of rotatable bonds is 5. The van der Waals surface area contributed by atoms with Crippen molar-refractivity contribution in [1.29, 1.82) is 0 Å². The Balaban J connectivity index is 1.67. The van der Waals surface area contributed by atoms with Crippen LogP contribution in [0.4, 0.5) is 0 Å². The Kier molecular flexibility index (Phi) is 4.42. The van der Waals surface area contributed by atoms with Crippen molar-refractivity contribution in [3.8, 4) is 0 Å². The van der Waals surface area contributed by atoms with Crippen molar-refractivity contribution in [3.63, 3.8) is 0 Å². The molecular weight excluding hydrogens is 340 g/mol. The highest BCUT2D eigenvalue weighted by atomic mass is 16.1. The lowest BCUT2D eigenvalue weighted by atomic mass is 10.1. The third kappa shape index (κ3) is 3.19. The van der Waals surface area contributed by atoms with E-state index in [4.69, 9.17) is 0 Å². The van der Waals surface area contributed by atoms with E-state index in [9.17, 15) is 4.79 Å². The number of amides is 1. The Hall–Kier alpha value is -3.48. The topological polar surface area (TPSA) is 77.6 Å². The molecule has 4 rings (SSSR count). The first-order valence-electron chi connectivity index (χ1n) is 8.83. The second-order valence-electron chi connectivity index (χ2n) is 6.32. The first-order valence-corrected chi connectivity index (χ1v) is 8.83. The van der Waals surface area contributed by atoms with Crippen molar-refractivity contribution in [2.24, 2.45) is 7.05 Å². The SMILES string of the molecule is CCn1nnc2cc(C(=O)NC(c3ccccc3)c3nccn3C)ccc21. The predicted octanol–water partition coefficient (Wildman–Crippen LogP) is 2.70. The largest absolute Gasteiger partial charge is 0.338 e. The van der Waals surface area contributed by atoms with Crippen molar-refractivity contribution in [2.45, 2.75) is 19.5 Å². The number of imidazole rings is 1. The fraction of sp³-hybridized carbons (Fsp3) is 0.200. The molecule has 0 fully saturated rings. The molecule has 4 aromatic rings. The zero-order valence-corrected chi connectivity index (χ0v) is 15.2. The number of nitrogens with zero attached hydrogens (tertiary/aromatic N) is 5. The molecule has 1 amide bonds. The number of carbonyl (C=O) groups is 1. The van der Waals surface area contributed by atoms with E-state index in [-0.39, 0.29) is 11.9 Å². The molecule has 0 aliphatic carbocycles. The molecule has 136 valence electrons. The molecule has 0 radical (unpaired) electrons. The molecule has 2 heterocycles. The second-order valence-corrected chi connectivity index (χ2v) is 6.32. The summed E-state index contributed by atoms with van der Waals surface area (Å²) in [6.07, 6.45) is 3.60. The lowest BCUT2D eigenvalue weighted by Gasteiger charge is -2.19. The Morgan fingerprint density at radius 1 is 1.19 bits per heavy atom. The lowest BCUT2D eigenvalue weighted by Crippen LogP contribution is -2.31. The summed E-state index contributed by atoms with van der Waals surface area (Å²) in [6.45, 7) is 2.74. The zero-order valence-electron chi connectivity index (χ0n) is 15.2. The van der Waals surface area contributed by atoms with Crippen LogP contribution in [-0.4, -0.2) is 30.5 Å².